The molecule has 0 bridgehead atoms. The minimum atomic E-state index is -4.54. The van der Waals surface area contributed by atoms with Crippen molar-refractivity contribution in [2.75, 3.05) is 10.7 Å². The molecule has 0 atom stereocenters. The number of amides is 2. The number of fused-ring (bicyclic) bond motifs is 1. The number of carbonyl (C=O) groups excluding carboxylic acids is 3. The summed E-state index contributed by atoms with van der Waals surface area (Å²) in [7, 11) is -3.19. The minimum absolute atomic E-state index is 0.0281. The van der Waals surface area contributed by atoms with Crippen molar-refractivity contribution in [1.82, 2.24) is 0 Å². The first-order valence-electron chi connectivity index (χ1n) is 11.5. The number of carbonyl (C=O) groups is 3. The monoisotopic (exact) mass is 523 g/mol. The lowest BCUT2D eigenvalue weighted by molar-refractivity contribution is -0.137. The minimum Gasteiger partial charge on any atom is -0.299 e. The highest BCUT2D eigenvalue weighted by Gasteiger charge is 2.37. The molecular weight excluding hydrogens is 495 g/mol. The number of ketones is 1. The molecule has 0 radical (unpaired) electrons. The van der Waals surface area contributed by atoms with E-state index >= 15 is 0 Å². The first kappa shape index (κ1) is 27.6. The molecule has 0 saturated heterocycles. The Kier molecular flexibility index (Phi) is 7.78. The van der Waals surface area contributed by atoms with Crippen LogP contribution in [0, 0.1) is 0 Å². The molecular formula is C26H28F3NO5S. The van der Waals surface area contributed by atoms with E-state index < -0.39 is 38.1 Å². The predicted molar refractivity (Wildman–Crippen MR) is 130 cm³/mol. The fraction of sp³-hybridized carbons (Fsp3) is 0.423. The van der Waals surface area contributed by atoms with Crippen LogP contribution in [0.25, 0.3) is 0 Å². The number of rotatable bonds is 9. The average Bonchev–Trinajstić information content (AvgIpc) is 3.01. The number of imide groups is 1. The third-order valence-corrected chi connectivity index (χ3v) is 8.80. The molecule has 0 unspecified atom stereocenters. The summed E-state index contributed by atoms with van der Waals surface area (Å²) >= 11 is 0. The van der Waals surface area contributed by atoms with Crippen LogP contribution in [-0.4, -0.2) is 36.5 Å². The van der Waals surface area contributed by atoms with E-state index in [4.69, 9.17) is 0 Å². The van der Waals surface area contributed by atoms with E-state index in [1.54, 1.807) is 26.8 Å². The van der Waals surface area contributed by atoms with Crippen LogP contribution in [0.3, 0.4) is 0 Å². The van der Waals surface area contributed by atoms with Gasteiger partial charge in [0.15, 0.2) is 9.84 Å². The summed E-state index contributed by atoms with van der Waals surface area (Å²) in [5.41, 5.74) is -0.0991. The second kappa shape index (κ2) is 10.2. The molecule has 1 aliphatic rings. The standard InChI is InChI=1S/C26H28F3NO5S/c1-25(2,3)36(34,35)14-6-4-5-7-20(31)15-17-8-13-21-22(16-17)24(33)30(23(21)32)19-11-9-18(10-12-19)26(27,28)29/h8-13,16H,4-7,14-15H2,1-3H3. The molecule has 0 spiro atoms. The van der Waals surface area contributed by atoms with E-state index in [0.717, 1.165) is 29.2 Å². The van der Waals surface area contributed by atoms with Crippen LogP contribution in [0.5, 0.6) is 0 Å². The largest absolute Gasteiger partial charge is 0.416 e. The van der Waals surface area contributed by atoms with E-state index in [-0.39, 0.29) is 41.2 Å². The molecule has 6 nitrogen and oxygen atoms in total. The van der Waals surface area contributed by atoms with Crippen molar-refractivity contribution in [2.24, 2.45) is 0 Å². The van der Waals surface area contributed by atoms with Crippen molar-refractivity contribution < 1.29 is 36.0 Å². The SMILES string of the molecule is CC(C)(C)S(=O)(=O)CCCCCC(=O)Cc1ccc2c(c1)C(=O)N(c1ccc(C(F)(F)F)cc1)C2=O. The van der Waals surface area contributed by atoms with Gasteiger partial charge in [-0.3, -0.25) is 14.4 Å². The highest BCUT2D eigenvalue weighted by Crippen LogP contribution is 2.33. The molecule has 2 aromatic rings. The van der Waals surface area contributed by atoms with Gasteiger partial charge >= 0.3 is 6.18 Å². The van der Waals surface area contributed by atoms with Gasteiger partial charge in [0.2, 0.25) is 0 Å². The first-order chi connectivity index (χ1) is 16.6. The molecule has 3 rings (SSSR count). The summed E-state index contributed by atoms with van der Waals surface area (Å²) in [4.78, 5) is 38.8. The lowest BCUT2D eigenvalue weighted by Crippen LogP contribution is -2.30. The summed E-state index contributed by atoms with van der Waals surface area (Å²) < 4.78 is 61.9. The summed E-state index contributed by atoms with van der Waals surface area (Å²) in [6.45, 7) is 4.97. The van der Waals surface area contributed by atoms with Gasteiger partial charge in [0.1, 0.15) is 5.78 Å². The summed E-state index contributed by atoms with van der Waals surface area (Å²) in [6, 6.07) is 8.24. The molecule has 10 heteroatoms. The van der Waals surface area contributed by atoms with Crippen molar-refractivity contribution in [3.63, 3.8) is 0 Å². The highest BCUT2D eigenvalue weighted by molar-refractivity contribution is 7.92. The van der Waals surface area contributed by atoms with E-state index in [0.29, 0.717) is 24.8 Å². The predicted octanol–water partition coefficient (Wildman–Crippen LogP) is 5.39. The van der Waals surface area contributed by atoms with Gasteiger partial charge in [0.05, 0.1) is 32.9 Å². The Morgan fingerprint density at radius 2 is 1.47 bits per heavy atom. The highest BCUT2D eigenvalue weighted by atomic mass is 32.2. The van der Waals surface area contributed by atoms with Gasteiger partial charge in [-0.25, -0.2) is 13.3 Å². The van der Waals surface area contributed by atoms with E-state index in [1.165, 1.54) is 12.1 Å². The number of sulfone groups is 1. The number of nitrogens with zero attached hydrogens (tertiary/aromatic N) is 1. The summed E-state index contributed by atoms with van der Waals surface area (Å²) in [6.07, 6.45) is -2.61. The Bertz CT molecular complexity index is 1280. The van der Waals surface area contributed by atoms with Gasteiger partial charge in [-0.1, -0.05) is 12.5 Å². The van der Waals surface area contributed by atoms with E-state index in [9.17, 15) is 36.0 Å². The molecule has 194 valence electrons. The van der Waals surface area contributed by atoms with Crippen molar-refractivity contribution in [1.29, 1.82) is 0 Å². The lowest BCUT2D eigenvalue weighted by atomic mass is 10.00. The Labute approximate surface area is 208 Å². The number of Topliss-reactive ketones (excluding diaryl/α,β-unsaturated/α-hetero) is 1. The topological polar surface area (TPSA) is 88.6 Å². The molecule has 0 aliphatic carbocycles. The lowest BCUT2D eigenvalue weighted by Gasteiger charge is -2.18. The van der Waals surface area contributed by atoms with Crippen molar-refractivity contribution >= 4 is 33.1 Å². The molecule has 0 fully saturated rings. The number of anilines is 1. The molecule has 0 aromatic heterocycles. The number of unbranched alkanes of at least 4 members (excludes halogenated alkanes) is 2. The second-order valence-electron chi connectivity index (χ2n) is 9.83. The maximum Gasteiger partial charge on any atom is 0.416 e. The maximum absolute atomic E-state index is 12.9. The third kappa shape index (κ3) is 6.03. The van der Waals surface area contributed by atoms with E-state index in [1.807, 2.05) is 0 Å². The van der Waals surface area contributed by atoms with Gasteiger partial charge in [-0.2, -0.15) is 13.2 Å². The fourth-order valence-electron chi connectivity index (χ4n) is 3.85. The van der Waals surface area contributed by atoms with Gasteiger partial charge in [-0.15, -0.1) is 0 Å². The van der Waals surface area contributed by atoms with Gasteiger partial charge in [-0.05, 0) is 75.6 Å². The average molecular weight is 524 g/mol. The third-order valence-electron chi connectivity index (χ3n) is 6.11. The smallest absolute Gasteiger partial charge is 0.299 e. The van der Waals surface area contributed by atoms with Crippen LogP contribution in [0.4, 0.5) is 18.9 Å². The molecule has 2 amide bonds. The van der Waals surface area contributed by atoms with Crippen molar-refractivity contribution in [3.8, 4) is 0 Å². The van der Waals surface area contributed by atoms with Gasteiger partial charge < -0.3 is 0 Å². The van der Waals surface area contributed by atoms with Crippen LogP contribution < -0.4 is 4.90 Å². The van der Waals surface area contributed by atoms with Crippen LogP contribution in [-0.2, 0) is 27.2 Å². The van der Waals surface area contributed by atoms with E-state index in [2.05, 4.69) is 0 Å². The number of halogens is 3. The van der Waals surface area contributed by atoms with Gasteiger partial charge in [0, 0.05) is 12.8 Å². The number of alkyl halides is 3. The summed E-state index contributed by atoms with van der Waals surface area (Å²) in [5.74, 6) is -1.31. The molecule has 0 N–H and O–H groups in total. The number of hydrogen-bond acceptors (Lipinski definition) is 5. The molecule has 0 saturated carbocycles. The quantitative estimate of drug-likeness (QED) is 0.325. The van der Waals surface area contributed by atoms with Crippen LogP contribution >= 0.6 is 0 Å². The first-order valence-corrected chi connectivity index (χ1v) is 13.2. The number of benzene rings is 2. The number of hydrogen-bond donors (Lipinski definition) is 0. The Balaban J connectivity index is 1.59. The molecule has 1 heterocycles. The Morgan fingerprint density at radius 3 is 2.06 bits per heavy atom. The molecule has 1 aliphatic heterocycles. The normalized spacial score (nSPS) is 14.3. The zero-order valence-electron chi connectivity index (χ0n) is 20.3. The Hall–Kier alpha value is -3.01. The van der Waals surface area contributed by atoms with Crippen molar-refractivity contribution in [3.05, 3.63) is 64.7 Å². The van der Waals surface area contributed by atoms with Crippen LogP contribution in [0.2, 0.25) is 0 Å². The fourth-order valence-corrected chi connectivity index (χ4v) is 5.04. The Morgan fingerprint density at radius 1 is 0.861 bits per heavy atom. The zero-order valence-corrected chi connectivity index (χ0v) is 21.1. The maximum atomic E-state index is 12.9. The molecule has 36 heavy (non-hydrogen) atoms. The second-order valence-corrected chi connectivity index (χ2v) is 12.7. The van der Waals surface area contributed by atoms with Crippen molar-refractivity contribution in [2.45, 2.75) is 63.8 Å². The van der Waals surface area contributed by atoms with Crippen LogP contribution in [0.15, 0.2) is 42.5 Å². The van der Waals surface area contributed by atoms with Crippen LogP contribution in [0.1, 0.15) is 78.3 Å². The van der Waals surface area contributed by atoms with Gasteiger partial charge in [0.25, 0.3) is 11.8 Å². The molecule has 2 aromatic carbocycles. The zero-order chi connectivity index (χ0) is 26.9. The summed E-state index contributed by atoms with van der Waals surface area (Å²) in [5, 5.41) is 0.